The molecule has 0 spiro atoms. The molecule has 96 valence electrons. The topological polar surface area (TPSA) is 62.3 Å². The average molecular weight is 247 g/mol. The van der Waals surface area contributed by atoms with E-state index in [9.17, 15) is 9.59 Å². The molecule has 0 bridgehead atoms. The standard InChI is InChI=1S/C13H17N3O2/c1-10-11(5-4-6-14-10)13(18)15-9-12(17)16-7-2-3-8-16/h4-6H,2-3,7-9H2,1H3,(H,15,18). The molecule has 0 saturated carbocycles. The van der Waals surface area contributed by atoms with Crippen LogP contribution in [0.4, 0.5) is 0 Å². The number of aryl methyl sites for hydroxylation is 1. The zero-order valence-corrected chi connectivity index (χ0v) is 10.5. The van der Waals surface area contributed by atoms with Crippen LogP contribution in [0.2, 0.25) is 0 Å². The fraction of sp³-hybridized carbons (Fsp3) is 0.462. The summed E-state index contributed by atoms with van der Waals surface area (Å²) in [4.78, 5) is 29.5. The Morgan fingerprint density at radius 1 is 1.39 bits per heavy atom. The van der Waals surface area contributed by atoms with Gasteiger partial charge in [-0.2, -0.15) is 0 Å². The van der Waals surface area contributed by atoms with Crippen LogP contribution in [0.15, 0.2) is 18.3 Å². The Balaban J connectivity index is 1.88. The molecule has 18 heavy (non-hydrogen) atoms. The van der Waals surface area contributed by atoms with E-state index in [0.717, 1.165) is 25.9 Å². The van der Waals surface area contributed by atoms with E-state index < -0.39 is 0 Å². The van der Waals surface area contributed by atoms with Gasteiger partial charge in [0.1, 0.15) is 0 Å². The third-order valence-corrected chi connectivity index (χ3v) is 3.11. The van der Waals surface area contributed by atoms with Crippen molar-refractivity contribution >= 4 is 11.8 Å². The van der Waals surface area contributed by atoms with Gasteiger partial charge < -0.3 is 10.2 Å². The second-order valence-corrected chi connectivity index (χ2v) is 4.41. The van der Waals surface area contributed by atoms with Crippen LogP contribution in [-0.4, -0.2) is 41.3 Å². The summed E-state index contributed by atoms with van der Waals surface area (Å²) in [7, 11) is 0. The van der Waals surface area contributed by atoms with E-state index in [-0.39, 0.29) is 18.4 Å². The fourth-order valence-corrected chi connectivity index (χ4v) is 2.05. The lowest BCUT2D eigenvalue weighted by Crippen LogP contribution is -2.38. The van der Waals surface area contributed by atoms with Gasteiger partial charge in [0.05, 0.1) is 12.1 Å². The van der Waals surface area contributed by atoms with Crippen LogP contribution in [0.5, 0.6) is 0 Å². The molecule has 0 radical (unpaired) electrons. The molecule has 1 saturated heterocycles. The molecule has 1 N–H and O–H groups in total. The van der Waals surface area contributed by atoms with Gasteiger partial charge in [0.2, 0.25) is 5.91 Å². The van der Waals surface area contributed by atoms with Gasteiger partial charge in [0, 0.05) is 25.0 Å². The first-order valence-electron chi connectivity index (χ1n) is 6.16. The van der Waals surface area contributed by atoms with Crippen molar-refractivity contribution in [1.29, 1.82) is 0 Å². The normalized spacial score (nSPS) is 14.6. The highest BCUT2D eigenvalue weighted by atomic mass is 16.2. The maximum Gasteiger partial charge on any atom is 0.253 e. The molecule has 2 heterocycles. The van der Waals surface area contributed by atoms with Gasteiger partial charge in [0.25, 0.3) is 5.91 Å². The van der Waals surface area contributed by atoms with Gasteiger partial charge in [-0.05, 0) is 31.9 Å². The molecule has 1 aliphatic rings. The predicted octanol–water partition coefficient (Wildman–Crippen LogP) is 0.742. The number of likely N-dealkylation sites (tertiary alicyclic amines) is 1. The van der Waals surface area contributed by atoms with E-state index in [0.29, 0.717) is 11.3 Å². The van der Waals surface area contributed by atoms with Crippen LogP contribution in [0, 0.1) is 6.92 Å². The number of carbonyl (C=O) groups excluding carboxylic acids is 2. The molecule has 2 amide bonds. The molecule has 1 aliphatic heterocycles. The monoisotopic (exact) mass is 247 g/mol. The first-order chi connectivity index (χ1) is 8.68. The number of aromatic nitrogens is 1. The van der Waals surface area contributed by atoms with Crippen molar-refractivity contribution in [2.45, 2.75) is 19.8 Å². The van der Waals surface area contributed by atoms with Crippen molar-refractivity contribution in [2.24, 2.45) is 0 Å². The SMILES string of the molecule is Cc1ncccc1C(=O)NCC(=O)N1CCCC1. The van der Waals surface area contributed by atoms with E-state index in [1.54, 1.807) is 30.2 Å². The lowest BCUT2D eigenvalue weighted by molar-refractivity contribution is -0.129. The summed E-state index contributed by atoms with van der Waals surface area (Å²) in [6.07, 6.45) is 3.75. The quantitative estimate of drug-likeness (QED) is 0.857. The number of amides is 2. The molecule has 0 atom stereocenters. The Bertz CT molecular complexity index is 453. The second kappa shape index (κ2) is 5.62. The minimum Gasteiger partial charge on any atom is -0.343 e. The number of pyridine rings is 1. The summed E-state index contributed by atoms with van der Waals surface area (Å²) >= 11 is 0. The third kappa shape index (κ3) is 2.85. The Kier molecular flexibility index (Phi) is 3.92. The number of nitrogens with zero attached hydrogens (tertiary/aromatic N) is 2. The van der Waals surface area contributed by atoms with E-state index in [2.05, 4.69) is 10.3 Å². The largest absolute Gasteiger partial charge is 0.343 e. The van der Waals surface area contributed by atoms with E-state index in [1.165, 1.54) is 0 Å². The van der Waals surface area contributed by atoms with Crippen LogP contribution >= 0.6 is 0 Å². The van der Waals surface area contributed by atoms with Crippen molar-refractivity contribution in [3.05, 3.63) is 29.6 Å². The minimum atomic E-state index is -0.242. The van der Waals surface area contributed by atoms with E-state index in [1.807, 2.05) is 0 Å². The van der Waals surface area contributed by atoms with Crippen molar-refractivity contribution in [3.63, 3.8) is 0 Å². The fourth-order valence-electron chi connectivity index (χ4n) is 2.05. The third-order valence-electron chi connectivity index (χ3n) is 3.11. The summed E-state index contributed by atoms with van der Waals surface area (Å²) in [6, 6.07) is 3.42. The molecule has 0 unspecified atom stereocenters. The number of hydrogen-bond acceptors (Lipinski definition) is 3. The minimum absolute atomic E-state index is 0.0117. The van der Waals surface area contributed by atoms with Crippen LogP contribution in [-0.2, 0) is 4.79 Å². The van der Waals surface area contributed by atoms with Gasteiger partial charge in [-0.3, -0.25) is 14.6 Å². The van der Waals surface area contributed by atoms with Gasteiger partial charge in [-0.15, -0.1) is 0 Å². The van der Waals surface area contributed by atoms with Crippen LogP contribution in [0.3, 0.4) is 0 Å². The highest BCUT2D eigenvalue weighted by Crippen LogP contribution is 2.07. The number of hydrogen-bond donors (Lipinski definition) is 1. The summed E-state index contributed by atoms with van der Waals surface area (Å²) < 4.78 is 0. The maximum atomic E-state index is 11.9. The van der Waals surface area contributed by atoms with Crippen LogP contribution in [0.1, 0.15) is 28.9 Å². The first kappa shape index (κ1) is 12.5. The van der Waals surface area contributed by atoms with Crippen molar-refractivity contribution in [1.82, 2.24) is 15.2 Å². The lowest BCUT2D eigenvalue weighted by Gasteiger charge is -2.15. The van der Waals surface area contributed by atoms with Gasteiger partial charge in [-0.1, -0.05) is 0 Å². The molecule has 0 aromatic carbocycles. The van der Waals surface area contributed by atoms with Gasteiger partial charge in [-0.25, -0.2) is 0 Å². The smallest absolute Gasteiger partial charge is 0.253 e. The zero-order valence-electron chi connectivity index (χ0n) is 10.5. The first-order valence-corrected chi connectivity index (χ1v) is 6.16. The van der Waals surface area contributed by atoms with Gasteiger partial charge >= 0.3 is 0 Å². The molecular weight excluding hydrogens is 230 g/mol. The second-order valence-electron chi connectivity index (χ2n) is 4.41. The van der Waals surface area contributed by atoms with Crippen molar-refractivity contribution in [3.8, 4) is 0 Å². The molecule has 0 aliphatic carbocycles. The van der Waals surface area contributed by atoms with Crippen LogP contribution < -0.4 is 5.32 Å². The van der Waals surface area contributed by atoms with Crippen molar-refractivity contribution < 1.29 is 9.59 Å². The molecule has 1 aromatic rings. The Morgan fingerprint density at radius 3 is 2.78 bits per heavy atom. The molecule has 2 rings (SSSR count). The molecule has 5 nitrogen and oxygen atoms in total. The van der Waals surface area contributed by atoms with Gasteiger partial charge in [0.15, 0.2) is 0 Å². The summed E-state index contributed by atoms with van der Waals surface area (Å²) in [5.74, 6) is -0.254. The van der Waals surface area contributed by atoms with Crippen molar-refractivity contribution in [2.75, 3.05) is 19.6 Å². The number of carbonyl (C=O) groups is 2. The Morgan fingerprint density at radius 2 is 2.11 bits per heavy atom. The van der Waals surface area contributed by atoms with Crippen LogP contribution in [0.25, 0.3) is 0 Å². The highest BCUT2D eigenvalue weighted by molar-refractivity contribution is 5.97. The lowest BCUT2D eigenvalue weighted by atomic mass is 10.2. The van der Waals surface area contributed by atoms with E-state index in [4.69, 9.17) is 0 Å². The number of rotatable bonds is 3. The maximum absolute atomic E-state index is 11.9. The molecule has 1 aromatic heterocycles. The predicted molar refractivity (Wildman–Crippen MR) is 67.1 cm³/mol. The zero-order chi connectivity index (χ0) is 13.0. The summed E-state index contributed by atoms with van der Waals surface area (Å²) in [6.45, 7) is 3.45. The Labute approximate surface area is 106 Å². The summed E-state index contributed by atoms with van der Waals surface area (Å²) in [5.41, 5.74) is 1.19. The summed E-state index contributed by atoms with van der Waals surface area (Å²) in [5, 5.41) is 2.65. The molecular formula is C13H17N3O2. The highest BCUT2D eigenvalue weighted by Gasteiger charge is 2.18. The number of nitrogens with one attached hydrogen (secondary N) is 1. The molecule has 5 heteroatoms. The van der Waals surface area contributed by atoms with E-state index >= 15 is 0 Å². The average Bonchev–Trinajstić information content (AvgIpc) is 2.90. The Hall–Kier alpha value is -1.91. The molecule has 1 fully saturated rings.